The molecule has 2 amide bonds. The van der Waals surface area contributed by atoms with Crippen molar-refractivity contribution in [1.29, 1.82) is 0 Å². The molecule has 3 N–H and O–H groups in total. The number of amides is 2. The number of carboxylic acid groups (broad SMARTS) is 1. The number of nitrogens with one attached hydrogen (secondary N) is 2. The van der Waals surface area contributed by atoms with Gasteiger partial charge in [-0.1, -0.05) is 12.8 Å². The summed E-state index contributed by atoms with van der Waals surface area (Å²) < 4.78 is 0. The van der Waals surface area contributed by atoms with Gasteiger partial charge in [-0.25, -0.2) is 0 Å². The van der Waals surface area contributed by atoms with Crippen molar-refractivity contribution in [2.45, 2.75) is 38.6 Å². The lowest BCUT2D eigenvalue weighted by molar-refractivity contribution is -0.144. The molecule has 1 aliphatic carbocycles. The van der Waals surface area contributed by atoms with Gasteiger partial charge in [-0.05, 0) is 12.8 Å². The second-order valence-corrected chi connectivity index (χ2v) is 4.31. The fourth-order valence-electron chi connectivity index (χ4n) is 2.06. The minimum Gasteiger partial charge on any atom is -0.481 e. The fourth-order valence-corrected chi connectivity index (χ4v) is 2.06. The monoisotopic (exact) mass is 242 g/mol. The Bertz CT molecular complexity index is 317. The summed E-state index contributed by atoms with van der Waals surface area (Å²) in [6.45, 7) is 1.23. The molecular formula is C11H18N2O4. The average molecular weight is 242 g/mol. The van der Waals surface area contributed by atoms with Crippen molar-refractivity contribution in [3.05, 3.63) is 0 Å². The molecule has 0 aromatic heterocycles. The van der Waals surface area contributed by atoms with Gasteiger partial charge >= 0.3 is 5.97 Å². The number of carbonyl (C=O) groups is 3. The van der Waals surface area contributed by atoms with Crippen LogP contribution >= 0.6 is 0 Å². The summed E-state index contributed by atoms with van der Waals surface area (Å²) in [5, 5.41) is 14.1. The molecule has 0 aliphatic heterocycles. The van der Waals surface area contributed by atoms with Crippen LogP contribution < -0.4 is 10.6 Å². The second-order valence-electron chi connectivity index (χ2n) is 4.31. The van der Waals surface area contributed by atoms with Crippen LogP contribution in [0.15, 0.2) is 0 Å². The predicted octanol–water partition coefficient (Wildman–Crippen LogP) is -0.118. The first-order valence-corrected chi connectivity index (χ1v) is 5.77. The minimum atomic E-state index is -0.866. The van der Waals surface area contributed by atoms with Crippen LogP contribution in [0.5, 0.6) is 0 Å². The molecule has 6 nitrogen and oxygen atoms in total. The zero-order valence-corrected chi connectivity index (χ0v) is 9.86. The summed E-state index contributed by atoms with van der Waals surface area (Å²) in [6, 6.07) is -0.317. The summed E-state index contributed by atoms with van der Waals surface area (Å²) in [4.78, 5) is 33.1. The van der Waals surface area contributed by atoms with Gasteiger partial charge in [0.1, 0.15) is 0 Å². The standard InChI is InChI=1S/C11H18N2O4/c1-7(14)12-6-10(15)13-9-5-3-2-4-8(9)11(16)17/h8-9H,2-6H2,1H3,(H,12,14)(H,13,15)(H,16,17). The van der Waals surface area contributed by atoms with Crippen LogP contribution in [0.2, 0.25) is 0 Å². The smallest absolute Gasteiger partial charge is 0.308 e. The highest BCUT2D eigenvalue weighted by Gasteiger charge is 2.31. The van der Waals surface area contributed by atoms with E-state index in [1.54, 1.807) is 0 Å². The maximum absolute atomic E-state index is 11.5. The number of carboxylic acids is 1. The third kappa shape index (κ3) is 4.42. The van der Waals surface area contributed by atoms with E-state index in [9.17, 15) is 14.4 Å². The molecule has 0 bridgehead atoms. The van der Waals surface area contributed by atoms with Crippen LogP contribution in [0.4, 0.5) is 0 Å². The molecule has 1 fully saturated rings. The first-order chi connectivity index (χ1) is 8.00. The molecule has 0 spiro atoms. The lowest BCUT2D eigenvalue weighted by Crippen LogP contribution is -2.48. The van der Waals surface area contributed by atoms with Gasteiger partial charge in [0.05, 0.1) is 12.5 Å². The molecule has 96 valence electrons. The van der Waals surface area contributed by atoms with Gasteiger partial charge in [-0.2, -0.15) is 0 Å². The van der Waals surface area contributed by atoms with Crippen molar-refractivity contribution >= 4 is 17.8 Å². The highest BCUT2D eigenvalue weighted by atomic mass is 16.4. The Morgan fingerprint density at radius 3 is 2.47 bits per heavy atom. The van der Waals surface area contributed by atoms with E-state index in [-0.39, 0.29) is 24.4 Å². The largest absolute Gasteiger partial charge is 0.481 e. The summed E-state index contributed by atoms with van der Waals surface area (Å²) in [7, 11) is 0. The highest BCUT2D eigenvalue weighted by molar-refractivity contribution is 5.84. The topological polar surface area (TPSA) is 95.5 Å². The molecule has 0 radical (unpaired) electrons. The van der Waals surface area contributed by atoms with E-state index in [2.05, 4.69) is 10.6 Å². The highest BCUT2D eigenvalue weighted by Crippen LogP contribution is 2.24. The SMILES string of the molecule is CC(=O)NCC(=O)NC1CCCCC1C(=O)O. The van der Waals surface area contributed by atoms with E-state index >= 15 is 0 Å². The Kier molecular flexibility index (Phi) is 4.93. The number of aliphatic carboxylic acids is 1. The van der Waals surface area contributed by atoms with Crippen LogP contribution in [-0.4, -0.2) is 35.5 Å². The second kappa shape index (κ2) is 6.22. The van der Waals surface area contributed by atoms with Crippen LogP contribution in [0, 0.1) is 5.92 Å². The Morgan fingerprint density at radius 1 is 1.24 bits per heavy atom. The molecule has 6 heteroatoms. The number of carbonyl (C=O) groups excluding carboxylic acids is 2. The van der Waals surface area contributed by atoms with E-state index < -0.39 is 11.9 Å². The Morgan fingerprint density at radius 2 is 1.88 bits per heavy atom. The maximum atomic E-state index is 11.5. The molecule has 17 heavy (non-hydrogen) atoms. The van der Waals surface area contributed by atoms with E-state index in [0.717, 1.165) is 12.8 Å². The first-order valence-electron chi connectivity index (χ1n) is 5.77. The normalized spacial score (nSPS) is 23.8. The summed E-state index contributed by atoms with van der Waals surface area (Å²) in [5.41, 5.74) is 0. The van der Waals surface area contributed by atoms with Crippen molar-refractivity contribution in [3.8, 4) is 0 Å². The van der Waals surface area contributed by atoms with Crippen molar-refractivity contribution in [2.24, 2.45) is 5.92 Å². The van der Waals surface area contributed by atoms with Gasteiger partial charge in [0.15, 0.2) is 0 Å². The Balaban J connectivity index is 2.44. The Hall–Kier alpha value is -1.59. The van der Waals surface area contributed by atoms with E-state index in [1.165, 1.54) is 6.92 Å². The molecule has 0 heterocycles. The first kappa shape index (κ1) is 13.5. The summed E-state index contributed by atoms with van der Waals surface area (Å²) in [6.07, 6.45) is 3.09. The van der Waals surface area contributed by atoms with Crippen molar-refractivity contribution in [2.75, 3.05) is 6.54 Å². The van der Waals surface area contributed by atoms with E-state index in [4.69, 9.17) is 5.11 Å². The van der Waals surface area contributed by atoms with Crippen molar-refractivity contribution in [1.82, 2.24) is 10.6 Å². The quantitative estimate of drug-likeness (QED) is 0.640. The van der Waals surface area contributed by atoms with Crippen LogP contribution in [0.3, 0.4) is 0 Å². The molecular weight excluding hydrogens is 224 g/mol. The molecule has 0 aromatic rings. The molecule has 1 aliphatic rings. The number of hydrogen-bond acceptors (Lipinski definition) is 3. The summed E-state index contributed by atoms with van der Waals surface area (Å²) >= 11 is 0. The van der Waals surface area contributed by atoms with Crippen LogP contribution in [0.1, 0.15) is 32.6 Å². The van der Waals surface area contributed by atoms with Crippen molar-refractivity contribution < 1.29 is 19.5 Å². The summed E-state index contributed by atoms with van der Waals surface area (Å²) in [5.74, 6) is -1.99. The zero-order valence-electron chi connectivity index (χ0n) is 9.86. The fraction of sp³-hybridized carbons (Fsp3) is 0.727. The number of hydrogen-bond donors (Lipinski definition) is 3. The number of rotatable bonds is 4. The van der Waals surface area contributed by atoms with Crippen LogP contribution in [-0.2, 0) is 14.4 Å². The minimum absolute atomic E-state index is 0.0990. The van der Waals surface area contributed by atoms with Gasteiger partial charge in [0.2, 0.25) is 11.8 Å². The van der Waals surface area contributed by atoms with Gasteiger partial charge in [-0.15, -0.1) is 0 Å². The lowest BCUT2D eigenvalue weighted by atomic mass is 9.84. The van der Waals surface area contributed by atoms with Gasteiger partial charge in [0, 0.05) is 13.0 Å². The van der Waals surface area contributed by atoms with Gasteiger partial charge < -0.3 is 15.7 Å². The van der Waals surface area contributed by atoms with Crippen molar-refractivity contribution in [3.63, 3.8) is 0 Å². The third-order valence-corrected chi connectivity index (χ3v) is 2.93. The lowest BCUT2D eigenvalue weighted by Gasteiger charge is -2.29. The van der Waals surface area contributed by atoms with Crippen LogP contribution in [0.25, 0.3) is 0 Å². The molecule has 1 saturated carbocycles. The molecule has 0 saturated heterocycles. The zero-order chi connectivity index (χ0) is 12.8. The van der Waals surface area contributed by atoms with E-state index in [0.29, 0.717) is 12.8 Å². The predicted molar refractivity (Wildman–Crippen MR) is 60.2 cm³/mol. The maximum Gasteiger partial charge on any atom is 0.308 e. The van der Waals surface area contributed by atoms with Gasteiger partial charge in [0.25, 0.3) is 0 Å². The molecule has 1 rings (SSSR count). The average Bonchev–Trinajstić information content (AvgIpc) is 2.27. The molecule has 2 atom stereocenters. The molecule has 2 unspecified atom stereocenters. The molecule has 0 aromatic carbocycles. The Labute approximate surface area is 99.8 Å². The van der Waals surface area contributed by atoms with E-state index in [1.807, 2.05) is 0 Å². The third-order valence-electron chi connectivity index (χ3n) is 2.93. The van der Waals surface area contributed by atoms with Gasteiger partial charge in [-0.3, -0.25) is 14.4 Å².